The largest absolute Gasteiger partial charge is 0.416 e. The number of hydrogen-bond donors (Lipinski definition) is 1. The summed E-state index contributed by atoms with van der Waals surface area (Å²) >= 11 is 0. The SMILES string of the molecule is CCc1cccn1-c1cc(N)cc(C(F)(F)F)c1. The molecule has 0 aliphatic rings. The summed E-state index contributed by atoms with van der Waals surface area (Å²) in [4.78, 5) is 0. The number of halogens is 3. The molecule has 2 rings (SSSR count). The molecule has 1 aromatic carbocycles. The van der Waals surface area contributed by atoms with E-state index >= 15 is 0 Å². The molecule has 2 N–H and O–H groups in total. The van der Waals surface area contributed by atoms with E-state index in [2.05, 4.69) is 0 Å². The summed E-state index contributed by atoms with van der Waals surface area (Å²) in [7, 11) is 0. The Morgan fingerprint density at radius 2 is 1.94 bits per heavy atom. The maximum absolute atomic E-state index is 12.7. The van der Waals surface area contributed by atoms with Crippen LogP contribution in [-0.4, -0.2) is 4.57 Å². The molecule has 1 heterocycles. The average molecular weight is 254 g/mol. The molecular weight excluding hydrogens is 241 g/mol. The van der Waals surface area contributed by atoms with Crippen molar-refractivity contribution in [3.8, 4) is 5.69 Å². The zero-order valence-electron chi connectivity index (χ0n) is 9.83. The molecule has 18 heavy (non-hydrogen) atoms. The fraction of sp³-hybridized carbons (Fsp3) is 0.231. The Morgan fingerprint density at radius 3 is 2.56 bits per heavy atom. The van der Waals surface area contributed by atoms with Crippen LogP contribution < -0.4 is 5.73 Å². The third kappa shape index (κ3) is 2.34. The van der Waals surface area contributed by atoms with Gasteiger partial charge in [0.1, 0.15) is 0 Å². The molecule has 0 fully saturated rings. The predicted molar refractivity (Wildman–Crippen MR) is 64.6 cm³/mol. The molecule has 0 atom stereocenters. The second-order valence-electron chi connectivity index (χ2n) is 4.03. The molecule has 1 aromatic heterocycles. The van der Waals surface area contributed by atoms with Gasteiger partial charge in [0.25, 0.3) is 0 Å². The lowest BCUT2D eigenvalue weighted by molar-refractivity contribution is -0.137. The molecule has 0 bridgehead atoms. The number of nitrogen functional groups attached to an aromatic ring is 1. The lowest BCUT2D eigenvalue weighted by Gasteiger charge is -2.13. The van der Waals surface area contributed by atoms with Gasteiger partial charge in [-0.05, 0) is 36.8 Å². The Hall–Kier alpha value is -1.91. The molecule has 96 valence electrons. The van der Waals surface area contributed by atoms with Gasteiger partial charge in [0.2, 0.25) is 0 Å². The summed E-state index contributed by atoms with van der Waals surface area (Å²) < 4.78 is 39.8. The van der Waals surface area contributed by atoms with E-state index in [1.54, 1.807) is 16.8 Å². The van der Waals surface area contributed by atoms with Crippen LogP contribution in [0.25, 0.3) is 5.69 Å². The van der Waals surface area contributed by atoms with Crippen molar-refractivity contribution in [2.24, 2.45) is 0 Å². The summed E-state index contributed by atoms with van der Waals surface area (Å²) in [5, 5.41) is 0. The molecule has 0 unspecified atom stereocenters. The van der Waals surface area contributed by atoms with Crippen molar-refractivity contribution in [3.05, 3.63) is 47.8 Å². The van der Waals surface area contributed by atoms with Gasteiger partial charge in [-0.25, -0.2) is 0 Å². The number of anilines is 1. The number of aromatic nitrogens is 1. The van der Waals surface area contributed by atoms with Crippen molar-refractivity contribution in [1.82, 2.24) is 4.57 Å². The van der Waals surface area contributed by atoms with Gasteiger partial charge in [0, 0.05) is 23.3 Å². The van der Waals surface area contributed by atoms with Crippen LogP contribution in [0.15, 0.2) is 36.5 Å². The number of nitrogens with zero attached hydrogens (tertiary/aromatic N) is 1. The minimum Gasteiger partial charge on any atom is -0.399 e. The first-order valence-corrected chi connectivity index (χ1v) is 5.56. The van der Waals surface area contributed by atoms with Crippen molar-refractivity contribution < 1.29 is 13.2 Å². The van der Waals surface area contributed by atoms with Crippen LogP contribution in [0.1, 0.15) is 18.2 Å². The van der Waals surface area contributed by atoms with E-state index in [0.29, 0.717) is 5.69 Å². The second-order valence-corrected chi connectivity index (χ2v) is 4.03. The van der Waals surface area contributed by atoms with E-state index in [9.17, 15) is 13.2 Å². The Morgan fingerprint density at radius 1 is 1.22 bits per heavy atom. The normalized spacial score (nSPS) is 11.8. The number of rotatable bonds is 2. The second kappa shape index (κ2) is 4.40. The molecule has 2 nitrogen and oxygen atoms in total. The molecule has 5 heteroatoms. The maximum Gasteiger partial charge on any atom is 0.416 e. The van der Waals surface area contributed by atoms with Crippen molar-refractivity contribution in [3.63, 3.8) is 0 Å². The Kier molecular flexibility index (Phi) is 3.07. The van der Waals surface area contributed by atoms with Crippen molar-refractivity contribution in [2.75, 3.05) is 5.73 Å². The van der Waals surface area contributed by atoms with Crippen LogP contribution >= 0.6 is 0 Å². The van der Waals surface area contributed by atoms with Crippen molar-refractivity contribution >= 4 is 5.69 Å². The summed E-state index contributed by atoms with van der Waals surface area (Å²) in [6.45, 7) is 1.95. The smallest absolute Gasteiger partial charge is 0.399 e. The molecule has 0 radical (unpaired) electrons. The molecule has 2 aromatic rings. The highest BCUT2D eigenvalue weighted by molar-refractivity contribution is 5.52. The van der Waals surface area contributed by atoms with Crippen molar-refractivity contribution in [1.29, 1.82) is 0 Å². The minimum atomic E-state index is -4.39. The van der Waals surface area contributed by atoms with Gasteiger partial charge in [-0.1, -0.05) is 6.92 Å². The van der Waals surface area contributed by atoms with Gasteiger partial charge in [0.05, 0.1) is 5.56 Å². The van der Waals surface area contributed by atoms with E-state index in [1.165, 1.54) is 6.07 Å². The monoisotopic (exact) mass is 254 g/mol. The summed E-state index contributed by atoms with van der Waals surface area (Å²) in [5.41, 5.74) is 6.29. The first-order chi connectivity index (χ1) is 8.41. The summed E-state index contributed by atoms with van der Waals surface area (Å²) in [6, 6.07) is 7.26. The number of nitrogens with two attached hydrogens (primary N) is 1. The lowest BCUT2D eigenvalue weighted by atomic mass is 10.1. The highest BCUT2D eigenvalue weighted by Gasteiger charge is 2.31. The van der Waals surface area contributed by atoms with Crippen molar-refractivity contribution in [2.45, 2.75) is 19.5 Å². The highest BCUT2D eigenvalue weighted by atomic mass is 19.4. The Bertz CT molecular complexity index is 556. The van der Waals surface area contributed by atoms with E-state index in [4.69, 9.17) is 5.73 Å². The standard InChI is InChI=1S/C13H13F3N2/c1-2-11-4-3-5-18(11)12-7-9(13(14,15)16)6-10(17)8-12/h3-8H,2,17H2,1H3. The van der Waals surface area contributed by atoms with Gasteiger partial charge >= 0.3 is 6.18 Å². The van der Waals surface area contributed by atoms with E-state index in [0.717, 1.165) is 24.2 Å². The Balaban J connectivity index is 2.56. The predicted octanol–water partition coefficient (Wildman–Crippen LogP) is 3.64. The Labute approximate surface area is 103 Å². The minimum absolute atomic E-state index is 0.107. The third-order valence-electron chi connectivity index (χ3n) is 2.74. The fourth-order valence-corrected chi connectivity index (χ4v) is 1.89. The number of aryl methyl sites for hydroxylation is 1. The van der Waals surface area contributed by atoms with Crippen LogP contribution in [0.4, 0.5) is 18.9 Å². The maximum atomic E-state index is 12.7. The fourth-order valence-electron chi connectivity index (χ4n) is 1.89. The molecule has 0 spiro atoms. The van der Waals surface area contributed by atoms with E-state index < -0.39 is 11.7 Å². The molecule has 0 amide bonds. The number of hydrogen-bond acceptors (Lipinski definition) is 1. The van der Waals surface area contributed by atoms with Gasteiger partial charge in [-0.3, -0.25) is 0 Å². The number of benzene rings is 1. The zero-order valence-corrected chi connectivity index (χ0v) is 9.83. The van der Waals surface area contributed by atoms with Crippen LogP contribution in [0, 0.1) is 0 Å². The van der Waals surface area contributed by atoms with Gasteiger partial charge < -0.3 is 10.3 Å². The highest BCUT2D eigenvalue weighted by Crippen LogP contribution is 2.32. The molecular formula is C13H13F3N2. The van der Waals surface area contributed by atoms with Gasteiger partial charge in [-0.2, -0.15) is 13.2 Å². The zero-order chi connectivity index (χ0) is 13.3. The summed E-state index contributed by atoms with van der Waals surface area (Å²) in [6.07, 6.45) is -1.92. The third-order valence-corrected chi connectivity index (χ3v) is 2.74. The van der Waals surface area contributed by atoms with Gasteiger partial charge in [-0.15, -0.1) is 0 Å². The molecule has 0 aliphatic heterocycles. The van der Waals surface area contributed by atoms with E-state index in [1.807, 2.05) is 13.0 Å². The molecule has 0 saturated carbocycles. The first-order valence-electron chi connectivity index (χ1n) is 5.56. The topological polar surface area (TPSA) is 30.9 Å². The van der Waals surface area contributed by atoms with Crippen LogP contribution in [0.3, 0.4) is 0 Å². The summed E-state index contributed by atoms with van der Waals surface area (Å²) in [5.74, 6) is 0. The number of alkyl halides is 3. The molecule has 0 aliphatic carbocycles. The average Bonchev–Trinajstić information content (AvgIpc) is 2.74. The molecule has 0 saturated heterocycles. The first kappa shape index (κ1) is 12.5. The van der Waals surface area contributed by atoms with E-state index in [-0.39, 0.29) is 5.69 Å². The van der Waals surface area contributed by atoms with Gasteiger partial charge in [0.15, 0.2) is 0 Å². The van der Waals surface area contributed by atoms with Crippen LogP contribution in [0.5, 0.6) is 0 Å². The van der Waals surface area contributed by atoms with Crippen LogP contribution in [-0.2, 0) is 12.6 Å². The quantitative estimate of drug-likeness (QED) is 0.815. The lowest BCUT2D eigenvalue weighted by Crippen LogP contribution is -2.08. The van der Waals surface area contributed by atoms with Crippen LogP contribution in [0.2, 0.25) is 0 Å².